The molecule has 0 fully saturated rings. The van der Waals surface area contributed by atoms with Crippen molar-refractivity contribution in [3.63, 3.8) is 0 Å². The van der Waals surface area contributed by atoms with Gasteiger partial charge in [0.15, 0.2) is 0 Å². The van der Waals surface area contributed by atoms with Crippen molar-refractivity contribution in [1.29, 1.82) is 0 Å². The van der Waals surface area contributed by atoms with E-state index in [9.17, 15) is 9.59 Å². The van der Waals surface area contributed by atoms with Crippen molar-refractivity contribution < 1.29 is 9.59 Å². The summed E-state index contributed by atoms with van der Waals surface area (Å²) in [6.45, 7) is 0. The number of hydrogen-bond donors (Lipinski definition) is 2. The van der Waals surface area contributed by atoms with Crippen LogP contribution >= 0.6 is 22.6 Å². The number of nitrogens with one attached hydrogen (secondary N) is 1. The van der Waals surface area contributed by atoms with Crippen LogP contribution in [0.3, 0.4) is 0 Å². The fraction of sp³-hybridized carbons (Fsp3) is 0.222. The van der Waals surface area contributed by atoms with E-state index in [-0.39, 0.29) is 5.91 Å². The Bertz CT molecular complexity index is 656. The predicted octanol–water partition coefficient (Wildman–Crippen LogP) is 2.44. The van der Waals surface area contributed by atoms with Gasteiger partial charge in [0.25, 0.3) is 0 Å². The number of carbonyl (C=O) groups is 2. The van der Waals surface area contributed by atoms with Gasteiger partial charge in [0.05, 0.1) is 0 Å². The number of amides is 2. The molecule has 2 rings (SSSR count). The van der Waals surface area contributed by atoms with Crippen molar-refractivity contribution in [2.75, 3.05) is 0 Å². The van der Waals surface area contributed by atoms with E-state index in [1.54, 1.807) is 0 Å². The second-order valence-corrected chi connectivity index (χ2v) is 6.58. The van der Waals surface area contributed by atoms with E-state index in [4.69, 9.17) is 5.73 Å². The zero-order chi connectivity index (χ0) is 16.7. The van der Waals surface area contributed by atoms with Gasteiger partial charge < -0.3 is 11.1 Å². The Labute approximate surface area is 149 Å². The van der Waals surface area contributed by atoms with E-state index in [1.807, 2.05) is 54.6 Å². The summed E-state index contributed by atoms with van der Waals surface area (Å²) in [6.07, 6.45) is 1.38. The van der Waals surface area contributed by atoms with Crippen LogP contribution < -0.4 is 11.1 Å². The Kier molecular flexibility index (Phi) is 6.58. The van der Waals surface area contributed by atoms with E-state index in [1.165, 1.54) is 0 Å². The van der Waals surface area contributed by atoms with Crippen molar-refractivity contribution in [3.05, 3.63) is 69.3 Å². The molecule has 0 aliphatic rings. The minimum absolute atomic E-state index is 0.164. The monoisotopic (exact) mass is 422 g/mol. The molecular weight excluding hydrogens is 403 g/mol. The van der Waals surface area contributed by atoms with E-state index < -0.39 is 11.9 Å². The summed E-state index contributed by atoms with van der Waals surface area (Å²) in [7, 11) is 0. The lowest BCUT2D eigenvalue weighted by Gasteiger charge is -2.15. The Morgan fingerprint density at radius 2 is 1.65 bits per heavy atom. The molecule has 2 aromatic rings. The van der Waals surface area contributed by atoms with Gasteiger partial charge in [-0.15, -0.1) is 0 Å². The number of halogens is 1. The Balaban J connectivity index is 1.89. The third kappa shape index (κ3) is 6.02. The van der Waals surface area contributed by atoms with Crippen molar-refractivity contribution >= 4 is 34.4 Å². The first-order chi connectivity index (χ1) is 11.0. The van der Waals surface area contributed by atoms with Crippen LogP contribution in [0.25, 0.3) is 0 Å². The fourth-order valence-electron chi connectivity index (χ4n) is 2.25. The smallest absolute Gasteiger partial charge is 0.240 e. The molecule has 0 heterocycles. The summed E-state index contributed by atoms with van der Waals surface area (Å²) < 4.78 is 1.12. The average molecular weight is 422 g/mol. The molecule has 0 spiro atoms. The predicted molar refractivity (Wildman–Crippen MR) is 98.8 cm³/mol. The lowest BCUT2D eigenvalue weighted by atomic mass is 10.0. The molecule has 0 saturated heterocycles. The second kappa shape index (κ2) is 8.67. The molecule has 0 radical (unpaired) electrons. The standard InChI is InChI=1S/C18H19IN2O2/c19-15-9-6-14(7-10-15)12-16(18(20)23)21-17(22)11-8-13-4-2-1-3-5-13/h1-7,9-10,16H,8,11-12H2,(H2,20,23)(H,21,22)/t16-/m0/s1. The fourth-order valence-corrected chi connectivity index (χ4v) is 2.61. The second-order valence-electron chi connectivity index (χ2n) is 5.34. The third-order valence-corrected chi connectivity index (χ3v) is 4.23. The van der Waals surface area contributed by atoms with Crippen LogP contribution in [0.5, 0.6) is 0 Å². The highest BCUT2D eigenvalue weighted by atomic mass is 127. The van der Waals surface area contributed by atoms with Gasteiger partial charge in [-0.3, -0.25) is 9.59 Å². The summed E-state index contributed by atoms with van der Waals surface area (Å²) in [6, 6.07) is 16.9. The number of carbonyl (C=O) groups excluding carboxylic acids is 2. The van der Waals surface area contributed by atoms with Crippen molar-refractivity contribution in [2.45, 2.75) is 25.3 Å². The topological polar surface area (TPSA) is 72.2 Å². The number of aryl methyl sites for hydroxylation is 1. The van der Waals surface area contributed by atoms with E-state index in [0.717, 1.165) is 14.7 Å². The zero-order valence-corrected chi connectivity index (χ0v) is 14.8. The highest BCUT2D eigenvalue weighted by Crippen LogP contribution is 2.09. The number of nitrogens with two attached hydrogens (primary N) is 1. The molecule has 0 bridgehead atoms. The maximum atomic E-state index is 12.1. The van der Waals surface area contributed by atoms with E-state index >= 15 is 0 Å². The highest BCUT2D eigenvalue weighted by Gasteiger charge is 2.18. The van der Waals surface area contributed by atoms with Gasteiger partial charge in [0.1, 0.15) is 6.04 Å². The first-order valence-corrected chi connectivity index (χ1v) is 8.49. The summed E-state index contributed by atoms with van der Waals surface area (Å²) in [5.41, 5.74) is 7.48. The Hall–Kier alpha value is -1.89. The van der Waals surface area contributed by atoms with Crippen molar-refractivity contribution in [1.82, 2.24) is 5.32 Å². The van der Waals surface area contributed by atoms with Gasteiger partial charge in [-0.2, -0.15) is 0 Å². The molecule has 120 valence electrons. The van der Waals surface area contributed by atoms with Crippen LogP contribution in [0, 0.1) is 3.57 Å². The largest absolute Gasteiger partial charge is 0.368 e. The quantitative estimate of drug-likeness (QED) is 0.673. The molecule has 2 aromatic carbocycles. The number of benzene rings is 2. The lowest BCUT2D eigenvalue weighted by Crippen LogP contribution is -2.45. The van der Waals surface area contributed by atoms with Crippen LogP contribution in [0.15, 0.2) is 54.6 Å². The summed E-state index contributed by atoms with van der Waals surface area (Å²) in [4.78, 5) is 23.6. The van der Waals surface area contributed by atoms with Crippen LogP contribution in [-0.2, 0) is 22.4 Å². The van der Waals surface area contributed by atoms with Gasteiger partial charge in [0.2, 0.25) is 11.8 Å². The number of hydrogen-bond acceptors (Lipinski definition) is 2. The van der Waals surface area contributed by atoms with Crippen molar-refractivity contribution in [2.24, 2.45) is 5.73 Å². The third-order valence-electron chi connectivity index (χ3n) is 3.52. The lowest BCUT2D eigenvalue weighted by molar-refractivity contribution is -0.127. The summed E-state index contributed by atoms with van der Waals surface area (Å²) in [5.74, 6) is -0.681. The van der Waals surface area contributed by atoms with Crippen molar-refractivity contribution in [3.8, 4) is 0 Å². The molecule has 2 amide bonds. The molecule has 0 unspecified atom stereocenters. The molecule has 23 heavy (non-hydrogen) atoms. The first-order valence-electron chi connectivity index (χ1n) is 7.41. The minimum Gasteiger partial charge on any atom is -0.368 e. The minimum atomic E-state index is -0.682. The number of primary amides is 1. The highest BCUT2D eigenvalue weighted by molar-refractivity contribution is 14.1. The Morgan fingerprint density at radius 1 is 1.00 bits per heavy atom. The molecule has 3 N–H and O–H groups in total. The number of rotatable bonds is 7. The van der Waals surface area contributed by atoms with Gasteiger partial charge in [-0.25, -0.2) is 0 Å². The molecule has 5 heteroatoms. The van der Waals surface area contributed by atoms with Crippen LogP contribution in [0.4, 0.5) is 0 Å². The summed E-state index contributed by atoms with van der Waals surface area (Å²) in [5, 5.41) is 2.73. The average Bonchev–Trinajstić information content (AvgIpc) is 2.55. The molecule has 1 atom stereocenters. The SMILES string of the molecule is NC(=O)[C@H](Cc1ccc(I)cc1)NC(=O)CCc1ccccc1. The summed E-state index contributed by atoms with van der Waals surface area (Å²) >= 11 is 2.22. The van der Waals surface area contributed by atoms with Crippen LogP contribution in [-0.4, -0.2) is 17.9 Å². The van der Waals surface area contributed by atoms with E-state index in [0.29, 0.717) is 19.3 Å². The molecule has 4 nitrogen and oxygen atoms in total. The normalized spacial score (nSPS) is 11.7. The van der Waals surface area contributed by atoms with Gasteiger partial charge in [-0.05, 0) is 52.3 Å². The van der Waals surface area contributed by atoms with Gasteiger partial charge in [0, 0.05) is 16.4 Å². The molecule has 0 aliphatic carbocycles. The zero-order valence-electron chi connectivity index (χ0n) is 12.7. The van der Waals surface area contributed by atoms with Crippen LogP contribution in [0.1, 0.15) is 17.5 Å². The molecular formula is C18H19IN2O2. The van der Waals surface area contributed by atoms with E-state index in [2.05, 4.69) is 27.9 Å². The van der Waals surface area contributed by atoms with Crippen LogP contribution in [0.2, 0.25) is 0 Å². The molecule has 0 aliphatic heterocycles. The first kappa shape index (κ1) is 17.5. The maximum absolute atomic E-state index is 12.1. The molecule has 0 aromatic heterocycles. The van der Waals surface area contributed by atoms with Gasteiger partial charge in [-0.1, -0.05) is 42.5 Å². The maximum Gasteiger partial charge on any atom is 0.240 e. The Morgan fingerprint density at radius 3 is 2.26 bits per heavy atom. The molecule has 0 saturated carbocycles. The van der Waals surface area contributed by atoms with Gasteiger partial charge >= 0.3 is 0 Å².